The molecule has 0 aromatic rings. The Hall–Kier alpha value is -0.530. The lowest BCUT2D eigenvalue weighted by atomic mass is 9.77. The number of rotatable bonds is 1. The SMILES string of the molecule is CCC1OC(=O)C2C(C)CCC2C1C. The summed E-state index contributed by atoms with van der Waals surface area (Å²) in [6.45, 7) is 6.54. The van der Waals surface area contributed by atoms with Gasteiger partial charge in [0.2, 0.25) is 0 Å². The maximum Gasteiger partial charge on any atom is 0.309 e. The number of cyclic esters (lactones) is 1. The minimum absolute atomic E-state index is 0.0740. The van der Waals surface area contributed by atoms with E-state index in [2.05, 4.69) is 20.8 Å². The van der Waals surface area contributed by atoms with Gasteiger partial charge >= 0.3 is 5.97 Å². The van der Waals surface area contributed by atoms with Crippen LogP contribution in [0.25, 0.3) is 0 Å². The number of hydrogen-bond acceptors (Lipinski definition) is 2. The van der Waals surface area contributed by atoms with E-state index in [1.165, 1.54) is 12.8 Å². The van der Waals surface area contributed by atoms with E-state index in [9.17, 15) is 4.79 Å². The summed E-state index contributed by atoms with van der Waals surface area (Å²) in [4.78, 5) is 11.8. The zero-order valence-electron chi connectivity index (χ0n) is 9.32. The van der Waals surface area contributed by atoms with Gasteiger partial charge in [-0.2, -0.15) is 0 Å². The molecule has 1 saturated heterocycles. The molecular formula is C12H20O2. The average Bonchev–Trinajstić information content (AvgIpc) is 2.54. The lowest BCUT2D eigenvalue weighted by molar-refractivity contribution is -0.171. The molecular weight excluding hydrogens is 176 g/mol. The summed E-state index contributed by atoms with van der Waals surface area (Å²) in [5, 5.41) is 0. The van der Waals surface area contributed by atoms with Gasteiger partial charge in [-0.3, -0.25) is 4.79 Å². The van der Waals surface area contributed by atoms with Gasteiger partial charge in [-0.05, 0) is 37.0 Å². The highest BCUT2D eigenvalue weighted by atomic mass is 16.5. The molecule has 5 unspecified atom stereocenters. The Morgan fingerprint density at radius 1 is 1.36 bits per heavy atom. The Morgan fingerprint density at radius 2 is 2.07 bits per heavy atom. The molecule has 80 valence electrons. The molecule has 0 aromatic carbocycles. The first kappa shape index (κ1) is 10.0. The molecule has 1 aliphatic heterocycles. The van der Waals surface area contributed by atoms with Crippen molar-refractivity contribution in [2.45, 2.75) is 46.1 Å². The van der Waals surface area contributed by atoms with Crippen molar-refractivity contribution in [1.29, 1.82) is 0 Å². The summed E-state index contributed by atoms with van der Waals surface area (Å²) in [5.74, 6) is 1.97. The number of fused-ring (bicyclic) bond motifs is 1. The number of carbonyl (C=O) groups excluding carboxylic acids is 1. The summed E-state index contributed by atoms with van der Waals surface area (Å²) in [6.07, 6.45) is 3.56. The highest BCUT2D eigenvalue weighted by molar-refractivity contribution is 5.74. The molecule has 14 heavy (non-hydrogen) atoms. The van der Waals surface area contributed by atoms with Crippen molar-refractivity contribution >= 4 is 5.97 Å². The van der Waals surface area contributed by atoms with Crippen molar-refractivity contribution in [3.05, 3.63) is 0 Å². The maximum atomic E-state index is 11.8. The third kappa shape index (κ3) is 1.35. The molecule has 0 aromatic heterocycles. The number of ether oxygens (including phenoxy) is 1. The van der Waals surface area contributed by atoms with Gasteiger partial charge < -0.3 is 4.74 Å². The van der Waals surface area contributed by atoms with E-state index in [0.29, 0.717) is 17.8 Å². The van der Waals surface area contributed by atoms with Gasteiger partial charge in [0.05, 0.1) is 5.92 Å². The van der Waals surface area contributed by atoms with Crippen LogP contribution in [0.5, 0.6) is 0 Å². The van der Waals surface area contributed by atoms with Gasteiger partial charge in [0.25, 0.3) is 0 Å². The fraction of sp³-hybridized carbons (Fsp3) is 0.917. The zero-order chi connectivity index (χ0) is 10.3. The minimum Gasteiger partial charge on any atom is -0.462 e. The van der Waals surface area contributed by atoms with Gasteiger partial charge in [0.15, 0.2) is 0 Å². The molecule has 5 atom stereocenters. The van der Waals surface area contributed by atoms with Crippen molar-refractivity contribution in [2.24, 2.45) is 23.7 Å². The molecule has 2 heteroatoms. The summed E-state index contributed by atoms with van der Waals surface area (Å²) in [6, 6.07) is 0. The predicted molar refractivity (Wildman–Crippen MR) is 54.7 cm³/mol. The molecule has 1 aliphatic carbocycles. The van der Waals surface area contributed by atoms with Crippen molar-refractivity contribution in [3.8, 4) is 0 Å². The number of hydrogen-bond donors (Lipinski definition) is 0. The third-order valence-electron chi connectivity index (χ3n) is 4.23. The number of carbonyl (C=O) groups is 1. The van der Waals surface area contributed by atoms with Crippen LogP contribution in [0.3, 0.4) is 0 Å². The summed E-state index contributed by atoms with van der Waals surface area (Å²) in [7, 11) is 0. The molecule has 0 spiro atoms. The van der Waals surface area contributed by atoms with Crippen LogP contribution in [-0.2, 0) is 9.53 Å². The van der Waals surface area contributed by atoms with E-state index in [4.69, 9.17) is 4.74 Å². The highest BCUT2D eigenvalue weighted by Crippen LogP contribution is 2.46. The van der Waals surface area contributed by atoms with Crippen LogP contribution in [-0.4, -0.2) is 12.1 Å². The molecule has 2 rings (SSSR count). The third-order valence-corrected chi connectivity index (χ3v) is 4.23. The Labute approximate surface area is 86.0 Å². The minimum atomic E-state index is 0.0740. The standard InChI is InChI=1S/C12H20O2/c1-4-10-8(3)9-6-5-7(2)11(9)12(13)14-10/h7-11H,4-6H2,1-3H3. The topological polar surface area (TPSA) is 26.3 Å². The van der Waals surface area contributed by atoms with Gasteiger partial charge in [-0.1, -0.05) is 20.8 Å². The lowest BCUT2D eigenvalue weighted by Gasteiger charge is -2.37. The fourth-order valence-electron chi connectivity index (χ4n) is 3.30. The summed E-state index contributed by atoms with van der Waals surface area (Å²) < 4.78 is 5.49. The van der Waals surface area contributed by atoms with Crippen LogP contribution >= 0.6 is 0 Å². The van der Waals surface area contributed by atoms with E-state index >= 15 is 0 Å². The summed E-state index contributed by atoms with van der Waals surface area (Å²) in [5.41, 5.74) is 0. The van der Waals surface area contributed by atoms with Crippen LogP contribution in [0, 0.1) is 23.7 Å². The molecule has 2 fully saturated rings. The molecule has 0 bridgehead atoms. The van der Waals surface area contributed by atoms with E-state index < -0.39 is 0 Å². The van der Waals surface area contributed by atoms with Crippen LogP contribution in [0.4, 0.5) is 0 Å². The van der Waals surface area contributed by atoms with E-state index in [1.807, 2.05) is 0 Å². The van der Waals surface area contributed by atoms with Gasteiger partial charge in [-0.15, -0.1) is 0 Å². The summed E-state index contributed by atoms with van der Waals surface area (Å²) >= 11 is 0. The van der Waals surface area contributed by atoms with E-state index in [1.54, 1.807) is 0 Å². The second-order valence-corrected chi connectivity index (χ2v) is 4.99. The van der Waals surface area contributed by atoms with E-state index in [-0.39, 0.29) is 18.0 Å². The van der Waals surface area contributed by atoms with Gasteiger partial charge in [0.1, 0.15) is 6.10 Å². The molecule has 1 heterocycles. The molecule has 2 nitrogen and oxygen atoms in total. The van der Waals surface area contributed by atoms with Gasteiger partial charge in [-0.25, -0.2) is 0 Å². The zero-order valence-corrected chi connectivity index (χ0v) is 9.32. The quantitative estimate of drug-likeness (QED) is 0.603. The van der Waals surface area contributed by atoms with Crippen LogP contribution in [0.1, 0.15) is 40.0 Å². The van der Waals surface area contributed by atoms with Gasteiger partial charge in [0, 0.05) is 0 Å². The Bertz CT molecular complexity index is 236. The Morgan fingerprint density at radius 3 is 2.71 bits per heavy atom. The van der Waals surface area contributed by atoms with Crippen molar-refractivity contribution in [1.82, 2.24) is 0 Å². The predicted octanol–water partition coefficient (Wildman–Crippen LogP) is 2.62. The largest absolute Gasteiger partial charge is 0.462 e. The molecule has 0 N–H and O–H groups in total. The van der Waals surface area contributed by atoms with E-state index in [0.717, 1.165) is 6.42 Å². The number of esters is 1. The molecule has 0 radical (unpaired) electrons. The highest BCUT2D eigenvalue weighted by Gasteiger charge is 2.48. The second-order valence-electron chi connectivity index (χ2n) is 4.99. The van der Waals surface area contributed by atoms with Crippen LogP contribution in [0.15, 0.2) is 0 Å². The van der Waals surface area contributed by atoms with Crippen LogP contribution in [0.2, 0.25) is 0 Å². The first-order valence-electron chi connectivity index (χ1n) is 5.85. The maximum absolute atomic E-state index is 11.8. The van der Waals surface area contributed by atoms with Crippen molar-refractivity contribution in [2.75, 3.05) is 0 Å². The fourth-order valence-corrected chi connectivity index (χ4v) is 3.30. The first-order valence-corrected chi connectivity index (χ1v) is 5.85. The molecule has 1 saturated carbocycles. The second kappa shape index (κ2) is 3.56. The Kier molecular flexibility index (Phi) is 2.54. The van der Waals surface area contributed by atoms with Crippen molar-refractivity contribution < 1.29 is 9.53 Å². The normalized spacial score (nSPS) is 47.4. The monoisotopic (exact) mass is 196 g/mol. The Balaban J connectivity index is 2.18. The van der Waals surface area contributed by atoms with Crippen molar-refractivity contribution in [3.63, 3.8) is 0 Å². The lowest BCUT2D eigenvalue weighted by Crippen LogP contribution is -2.43. The first-order chi connectivity index (χ1) is 6.65. The molecule has 0 amide bonds. The average molecular weight is 196 g/mol. The van der Waals surface area contributed by atoms with Crippen LogP contribution < -0.4 is 0 Å². The molecule has 2 aliphatic rings. The smallest absolute Gasteiger partial charge is 0.309 e.